The van der Waals surface area contributed by atoms with Crippen LogP contribution in [0.4, 0.5) is 0 Å². The Labute approximate surface area is 104 Å². The third-order valence-corrected chi connectivity index (χ3v) is 3.56. The summed E-state index contributed by atoms with van der Waals surface area (Å²) in [6.07, 6.45) is 0.865. The molecule has 0 aliphatic rings. The van der Waals surface area contributed by atoms with Crippen molar-refractivity contribution >= 4 is 17.7 Å². The monoisotopic (exact) mass is 258 g/mol. The number of hydrogen-bond acceptors (Lipinski definition) is 4. The number of H-pyrrole nitrogens is 1. The molecule has 96 valence electrons. The van der Waals surface area contributed by atoms with Crippen LogP contribution in [0.2, 0.25) is 0 Å². The zero-order valence-corrected chi connectivity index (χ0v) is 11.3. The summed E-state index contributed by atoms with van der Waals surface area (Å²) in [7, 11) is 1.61. The minimum absolute atomic E-state index is 0.0581. The first-order valence-corrected chi connectivity index (χ1v) is 6.39. The highest BCUT2D eigenvalue weighted by Gasteiger charge is 2.18. The van der Waals surface area contributed by atoms with Gasteiger partial charge in [-0.15, -0.1) is 5.10 Å². The van der Waals surface area contributed by atoms with Crippen LogP contribution in [0.3, 0.4) is 0 Å². The molecular weight excluding hydrogens is 240 g/mol. The lowest BCUT2D eigenvalue weighted by molar-refractivity contribution is -0.120. The fourth-order valence-electron chi connectivity index (χ4n) is 1.09. The number of hydrogen-bond donors (Lipinski definition) is 2. The van der Waals surface area contributed by atoms with Gasteiger partial charge in [-0.1, -0.05) is 18.7 Å². The van der Waals surface area contributed by atoms with Gasteiger partial charge in [0.1, 0.15) is 0 Å². The summed E-state index contributed by atoms with van der Waals surface area (Å²) >= 11 is 1.24. The Kier molecular flexibility index (Phi) is 4.39. The van der Waals surface area contributed by atoms with Gasteiger partial charge < -0.3 is 5.32 Å². The Balaban J connectivity index is 2.49. The van der Waals surface area contributed by atoms with Crippen LogP contribution in [-0.2, 0) is 11.8 Å². The van der Waals surface area contributed by atoms with Crippen LogP contribution < -0.4 is 11.0 Å². The van der Waals surface area contributed by atoms with E-state index in [0.29, 0.717) is 5.16 Å². The number of carbonyl (C=O) groups excluding carboxylic acids is 1. The number of carbonyl (C=O) groups is 1. The molecule has 0 aliphatic carbocycles. The fraction of sp³-hybridized carbons (Fsp3) is 0.700. The molecular formula is C10H18N4O2S. The minimum Gasteiger partial charge on any atom is -0.351 e. The second-order valence-electron chi connectivity index (χ2n) is 4.44. The molecule has 0 fully saturated rings. The van der Waals surface area contributed by atoms with Crippen molar-refractivity contribution in [2.75, 3.05) is 5.75 Å². The summed E-state index contributed by atoms with van der Waals surface area (Å²) in [6, 6.07) is 0. The average Bonchev–Trinajstić information content (AvgIpc) is 2.57. The predicted molar refractivity (Wildman–Crippen MR) is 67.1 cm³/mol. The summed E-state index contributed by atoms with van der Waals surface area (Å²) in [5.41, 5.74) is -0.475. The van der Waals surface area contributed by atoms with Gasteiger partial charge in [0.05, 0.1) is 5.75 Å². The third-order valence-electron chi connectivity index (χ3n) is 2.53. The van der Waals surface area contributed by atoms with Crippen LogP contribution in [0.25, 0.3) is 0 Å². The summed E-state index contributed by atoms with van der Waals surface area (Å²) < 4.78 is 1.38. The highest BCUT2D eigenvalue weighted by Crippen LogP contribution is 2.13. The molecule has 0 aliphatic heterocycles. The van der Waals surface area contributed by atoms with E-state index in [1.165, 1.54) is 16.3 Å². The first-order valence-electron chi connectivity index (χ1n) is 5.41. The van der Waals surface area contributed by atoms with E-state index < -0.39 is 0 Å². The SMILES string of the molecule is CCC(C)(C)NC(=O)CSc1n[nH]c(=O)n1C. The van der Waals surface area contributed by atoms with Gasteiger partial charge in [0.2, 0.25) is 5.91 Å². The molecule has 0 saturated carbocycles. The van der Waals surface area contributed by atoms with Crippen LogP contribution in [0.15, 0.2) is 9.95 Å². The van der Waals surface area contributed by atoms with Gasteiger partial charge in [-0.3, -0.25) is 9.36 Å². The predicted octanol–water partition coefficient (Wildman–Crippen LogP) is 0.505. The standard InChI is InChI=1S/C10H18N4O2S/c1-5-10(2,3)11-7(15)6-17-9-13-12-8(16)14(9)4/h5-6H2,1-4H3,(H,11,15)(H,12,16). The summed E-state index contributed by atoms with van der Waals surface area (Å²) in [6.45, 7) is 5.96. The van der Waals surface area contributed by atoms with Gasteiger partial charge >= 0.3 is 5.69 Å². The van der Waals surface area contributed by atoms with E-state index in [-0.39, 0.29) is 22.9 Å². The molecule has 6 nitrogen and oxygen atoms in total. The number of aromatic amines is 1. The Morgan fingerprint density at radius 3 is 2.71 bits per heavy atom. The van der Waals surface area contributed by atoms with E-state index in [2.05, 4.69) is 15.5 Å². The zero-order valence-electron chi connectivity index (χ0n) is 10.5. The average molecular weight is 258 g/mol. The van der Waals surface area contributed by atoms with Crippen LogP contribution in [0.5, 0.6) is 0 Å². The molecule has 1 aromatic heterocycles. The normalized spacial score (nSPS) is 11.5. The van der Waals surface area contributed by atoms with Gasteiger partial charge in [-0.05, 0) is 20.3 Å². The second kappa shape index (κ2) is 5.39. The summed E-state index contributed by atoms with van der Waals surface area (Å²) in [5.74, 6) is 0.193. The van der Waals surface area contributed by atoms with Crippen molar-refractivity contribution in [3.8, 4) is 0 Å². The number of rotatable bonds is 5. The topological polar surface area (TPSA) is 79.8 Å². The van der Waals surface area contributed by atoms with E-state index in [9.17, 15) is 9.59 Å². The van der Waals surface area contributed by atoms with Crippen LogP contribution in [0.1, 0.15) is 27.2 Å². The van der Waals surface area contributed by atoms with Gasteiger partial charge in [-0.2, -0.15) is 0 Å². The quantitative estimate of drug-likeness (QED) is 0.754. The fourth-order valence-corrected chi connectivity index (χ4v) is 1.81. The molecule has 17 heavy (non-hydrogen) atoms. The number of aromatic nitrogens is 3. The van der Waals surface area contributed by atoms with E-state index >= 15 is 0 Å². The van der Waals surface area contributed by atoms with E-state index in [1.807, 2.05) is 20.8 Å². The lowest BCUT2D eigenvalue weighted by atomic mass is 10.0. The second-order valence-corrected chi connectivity index (χ2v) is 5.39. The molecule has 1 rings (SSSR count). The van der Waals surface area contributed by atoms with Crippen LogP contribution >= 0.6 is 11.8 Å². The zero-order chi connectivity index (χ0) is 13.1. The van der Waals surface area contributed by atoms with Gasteiger partial charge in [0, 0.05) is 12.6 Å². The molecule has 0 spiro atoms. The van der Waals surface area contributed by atoms with Gasteiger partial charge in [0.15, 0.2) is 5.16 Å². The molecule has 2 N–H and O–H groups in total. The Bertz CT molecular complexity index is 449. The lowest BCUT2D eigenvalue weighted by Crippen LogP contribution is -2.43. The number of nitrogens with one attached hydrogen (secondary N) is 2. The maximum Gasteiger partial charge on any atom is 0.343 e. The van der Waals surface area contributed by atoms with Gasteiger partial charge in [0.25, 0.3) is 0 Å². The maximum atomic E-state index is 11.7. The van der Waals surface area contributed by atoms with Crippen molar-refractivity contribution < 1.29 is 4.79 Å². The Morgan fingerprint density at radius 1 is 1.59 bits per heavy atom. The van der Waals surface area contributed by atoms with E-state index in [1.54, 1.807) is 7.05 Å². The van der Waals surface area contributed by atoms with Crippen molar-refractivity contribution in [2.45, 2.75) is 37.9 Å². The molecule has 0 unspecified atom stereocenters. The minimum atomic E-state index is -0.276. The molecule has 0 saturated heterocycles. The summed E-state index contributed by atoms with van der Waals surface area (Å²) in [5, 5.41) is 9.57. The molecule has 0 radical (unpaired) electrons. The molecule has 1 heterocycles. The number of amides is 1. The maximum absolute atomic E-state index is 11.7. The Morgan fingerprint density at radius 2 is 2.24 bits per heavy atom. The third kappa shape index (κ3) is 3.92. The highest BCUT2D eigenvalue weighted by molar-refractivity contribution is 7.99. The highest BCUT2D eigenvalue weighted by atomic mass is 32.2. The first kappa shape index (κ1) is 13.8. The molecule has 0 aromatic carbocycles. The molecule has 0 bridgehead atoms. The van der Waals surface area contributed by atoms with Crippen molar-refractivity contribution in [1.29, 1.82) is 0 Å². The molecule has 1 amide bonds. The van der Waals surface area contributed by atoms with Crippen molar-refractivity contribution in [1.82, 2.24) is 20.1 Å². The van der Waals surface area contributed by atoms with Crippen molar-refractivity contribution in [3.63, 3.8) is 0 Å². The largest absolute Gasteiger partial charge is 0.351 e. The van der Waals surface area contributed by atoms with Crippen LogP contribution in [-0.4, -0.2) is 32.0 Å². The van der Waals surface area contributed by atoms with Crippen molar-refractivity contribution in [2.24, 2.45) is 7.05 Å². The van der Waals surface area contributed by atoms with E-state index in [0.717, 1.165) is 6.42 Å². The Hall–Kier alpha value is -1.24. The molecule has 1 aromatic rings. The van der Waals surface area contributed by atoms with Crippen LogP contribution in [0, 0.1) is 0 Å². The van der Waals surface area contributed by atoms with E-state index in [4.69, 9.17) is 0 Å². The smallest absolute Gasteiger partial charge is 0.343 e. The van der Waals surface area contributed by atoms with Gasteiger partial charge in [-0.25, -0.2) is 9.89 Å². The first-order chi connectivity index (χ1) is 7.85. The number of thioether (sulfide) groups is 1. The molecule has 7 heteroatoms. The number of nitrogens with zero attached hydrogens (tertiary/aromatic N) is 2. The molecule has 0 atom stereocenters. The lowest BCUT2D eigenvalue weighted by Gasteiger charge is -2.24. The van der Waals surface area contributed by atoms with Crippen molar-refractivity contribution in [3.05, 3.63) is 10.5 Å². The summed E-state index contributed by atoms with van der Waals surface area (Å²) in [4.78, 5) is 22.7.